The van der Waals surface area contributed by atoms with Crippen LogP contribution in [-0.4, -0.2) is 22.5 Å². The van der Waals surface area contributed by atoms with Gasteiger partial charge in [0.1, 0.15) is 5.84 Å². The molecule has 0 radical (unpaired) electrons. The topological polar surface area (TPSA) is 28.5 Å². The summed E-state index contributed by atoms with van der Waals surface area (Å²) in [6.45, 7) is 4.48. The molecule has 0 spiro atoms. The van der Waals surface area contributed by atoms with E-state index < -0.39 is 0 Å². The van der Waals surface area contributed by atoms with Crippen molar-refractivity contribution in [3.63, 3.8) is 0 Å². The highest BCUT2D eigenvalue weighted by molar-refractivity contribution is 6.87. The van der Waals surface area contributed by atoms with Gasteiger partial charge in [-0.15, -0.1) is 0 Å². The molecule has 0 bridgehead atoms. The molecule has 2 aliphatic heterocycles. The van der Waals surface area contributed by atoms with Crippen LogP contribution in [0.2, 0.25) is 0 Å². The third-order valence-corrected chi connectivity index (χ3v) is 5.49. The van der Waals surface area contributed by atoms with Crippen LogP contribution in [0.25, 0.3) is 11.3 Å². The molecule has 3 aromatic rings. The number of nitrogens with zero attached hydrogens (tertiary/aromatic N) is 3. The van der Waals surface area contributed by atoms with Gasteiger partial charge in [-0.2, -0.15) is 0 Å². The Kier molecular flexibility index (Phi) is 3.98. The number of pyridine rings is 1. The van der Waals surface area contributed by atoms with E-state index in [0.717, 1.165) is 22.8 Å². The van der Waals surface area contributed by atoms with Gasteiger partial charge in [-0.1, -0.05) is 59.7 Å². The first-order valence-electron chi connectivity index (χ1n) is 9.56. The third kappa shape index (κ3) is 2.61. The number of aliphatic imine (C=N–C) groups is 1. The van der Waals surface area contributed by atoms with E-state index in [2.05, 4.69) is 78.4 Å². The number of amidine groups is 1. The minimum Gasteiger partial charge on any atom is -0.368 e. The normalized spacial score (nSPS) is 14.6. The average Bonchev–Trinajstić information content (AvgIpc) is 2.73. The number of rotatable bonds is 2. The fraction of sp³-hybridized carbons (Fsp3) is 0.0833. The molecular formula is C24H20BN3. The van der Waals surface area contributed by atoms with Gasteiger partial charge in [-0.3, -0.25) is 4.98 Å². The summed E-state index contributed by atoms with van der Waals surface area (Å²) in [4.78, 5) is 11.9. The van der Waals surface area contributed by atoms with Gasteiger partial charge in [0.2, 0.25) is 0 Å². The predicted octanol–water partition coefficient (Wildman–Crippen LogP) is 3.90. The van der Waals surface area contributed by atoms with E-state index >= 15 is 0 Å². The number of aryl methyl sites for hydroxylation is 2. The number of hydrogen-bond acceptors (Lipinski definition) is 3. The van der Waals surface area contributed by atoms with E-state index in [1.807, 2.05) is 30.5 Å². The van der Waals surface area contributed by atoms with Crippen LogP contribution in [0, 0.1) is 13.8 Å². The molecule has 0 atom stereocenters. The lowest BCUT2D eigenvalue weighted by Gasteiger charge is -2.36. The van der Waals surface area contributed by atoms with Crippen LogP contribution in [0.3, 0.4) is 0 Å². The largest absolute Gasteiger partial charge is 0.368 e. The Bertz CT molecular complexity index is 1130. The Labute approximate surface area is 165 Å². The van der Waals surface area contributed by atoms with Gasteiger partial charge in [0, 0.05) is 11.8 Å². The molecule has 0 N–H and O–H groups in total. The number of hydrogen-bond donors (Lipinski definition) is 0. The highest BCUT2D eigenvalue weighted by atomic mass is 15.1. The molecule has 1 aromatic heterocycles. The molecule has 0 amide bonds. The van der Waals surface area contributed by atoms with E-state index in [4.69, 9.17) is 4.99 Å². The predicted molar refractivity (Wildman–Crippen MR) is 118 cm³/mol. The minimum atomic E-state index is 0.0913. The zero-order chi connectivity index (χ0) is 19.1. The van der Waals surface area contributed by atoms with Gasteiger partial charge >= 0.3 is 6.85 Å². The number of allylic oxidation sites excluding steroid dienone is 2. The summed E-state index contributed by atoms with van der Waals surface area (Å²) >= 11 is 0. The molecule has 0 fully saturated rings. The van der Waals surface area contributed by atoms with Crippen LogP contribution in [0.1, 0.15) is 11.1 Å². The van der Waals surface area contributed by atoms with Gasteiger partial charge in [-0.05, 0) is 55.3 Å². The number of para-hydroxylation sites is 1. The molecule has 0 saturated heterocycles. The molecule has 3 nitrogen and oxygen atoms in total. The highest BCUT2D eigenvalue weighted by Gasteiger charge is 2.37. The van der Waals surface area contributed by atoms with Crippen molar-refractivity contribution >= 4 is 29.3 Å². The summed E-state index contributed by atoms with van der Waals surface area (Å²) < 4.78 is 0. The maximum absolute atomic E-state index is 5.04. The lowest BCUT2D eigenvalue weighted by molar-refractivity contribution is 0.863. The second-order valence-corrected chi connectivity index (χ2v) is 7.24. The summed E-state index contributed by atoms with van der Waals surface area (Å²) in [6, 6.07) is 19.0. The van der Waals surface area contributed by atoms with E-state index in [9.17, 15) is 0 Å². The van der Waals surface area contributed by atoms with Crippen molar-refractivity contribution in [2.75, 3.05) is 0 Å². The monoisotopic (exact) mass is 361 g/mol. The maximum Gasteiger partial charge on any atom is 0.331 e. The summed E-state index contributed by atoms with van der Waals surface area (Å²) in [6.07, 6.45) is 10.2. The lowest BCUT2D eigenvalue weighted by Crippen LogP contribution is -2.59. The van der Waals surface area contributed by atoms with E-state index in [-0.39, 0.29) is 6.85 Å². The smallest absolute Gasteiger partial charge is 0.331 e. The van der Waals surface area contributed by atoms with Crippen LogP contribution in [0.15, 0.2) is 90.2 Å². The average molecular weight is 361 g/mol. The number of benzene rings is 2. The van der Waals surface area contributed by atoms with Crippen molar-refractivity contribution in [1.29, 1.82) is 0 Å². The van der Waals surface area contributed by atoms with Crippen molar-refractivity contribution in [3.05, 3.63) is 96.3 Å². The molecule has 2 aliphatic rings. The summed E-state index contributed by atoms with van der Waals surface area (Å²) in [5.74, 6) is 0.964. The van der Waals surface area contributed by atoms with E-state index in [1.165, 1.54) is 22.1 Å². The van der Waals surface area contributed by atoms with Crippen molar-refractivity contribution in [3.8, 4) is 11.3 Å². The van der Waals surface area contributed by atoms with Gasteiger partial charge in [0.05, 0.1) is 11.4 Å². The summed E-state index contributed by atoms with van der Waals surface area (Å²) in [7, 11) is 0. The Morgan fingerprint density at radius 1 is 0.857 bits per heavy atom. The van der Waals surface area contributed by atoms with Crippen molar-refractivity contribution in [2.45, 2.75) is 13.8 Å². The van der Waals surface area contributed by atoms with Crippen LogP contribution in [-0.2, 0) is 0 Å². The molecule has 5 rings (SSSR count). The molecule has 2 aromatic carbocycles. The quantitative estimate of drug-likeness (QED) is 0.648. The van der Waals surface area contributed by atoms with E-state index in [1.54, 1.807) is 0 Å². The number of fused-ring (bicyclic) bond motifs is 2. The molecule has 3 heterocycles. The Balaban J connectivity index is 1.80. The van der Waals surface area contributed by atoms with Crippen molar-refractivity contribution in [2.24, 2.45) is 4.99 Å². The van der Waals surface area contributed by atoms with Gasteiger partial charge in [0.15, 0.2) is 0 Å². The second-order valence-electron chi connectivity index (χ2n) is 7.24. The van der Waals surface area contributed by atoms with Crippen LogP contribution in [0.4, 0.5) is 5.69 Å². The first-order chi connectivity index (χ1) is 13.7. The van der Waals surface area contributed by atoms with Gasteiger partial charge in [0.25, 0.3) is 0 Å². The molecule has 0 unspecified atom stereocenters. The third-order valence-electron chi connectivity index (χ3n) is 5.49. The van der Waals surface area contributed by atoms with Crippen LogP contribution < -0.4 is 10.9 Å². The lowest BCUT2D eigenvalue weighted by atomic mass is 9.46. The molecule has 0 saturated carbocycles. The summed E-state index contributed by atoms with van der Waals surface area (Å²) in [5, 5.41) is 0. The Morgan fingerprint density at radius 2 is 1.68 bits per heavy atom. The molecule has 0 aliphatic carbocycles. The minimum absolute atomic E-state index is 0.0913. The Morgan fingerprint density at radius 3 is 2.46 bits per heavy atom. The Hall–Kier alpha value is -3.40. The zero-order valence-electron chi connectivity index (χ0n) is 16.0. The fourth-order valence-electron chi connectivity index (χ4n) is 4.21. The first kappa shape index (κ1) is 16.8. The van der Waals surface area contributed by atoms with E-state index in [0.29, 0.717) is 0 Å². The van der Waals surface area contributed by atoms with Crippen molar-refractivity contribution in [1.82, 2.24) is 9.79 Å². The highest BCUT2D eigenvalue weighted by Crippen LogP contribution is 2.31. The molecule has 28 heavy (non-hydrogen) atoms. The first-order valence-corrected chi connectivity index (χ1v) is 9.56. The van der Waals surface area contributed by atoms with Gasteiger partial charge in [-0.25, -0.2) is 4.99 Å². The van der Waals surface area contributed by atoms with Crippen LogP contribution in [0.5, 0.6) is 0 Å². The summed E-state index contributed by atoms with van der Waals surface area (Å²) in [5.41, 5.74) is 8.18. The SMILES string of the molecule is Cc1cccc(C)c1B1c2cccc(-c3ccccn3)c2N=C2C=CC=CN12. The maximum atomic E-state index is 5.04. The molecule has 4 heteroatoms. The van der Waals surface area contributed by atoms with Gasteiger partial charge < -0.3 is 4.81 Å². The zero-order valence-corrected chi connectivity index (χ0v) is 16.0. The standard InChI is InChI=1S/C24H20BN3/c1-17-9-7-10-18(2)23(17)25-20-12-8-11-19(21-13-3-5-15-26-21)24(20)27-22-14-4-6-16-28(22)25/h3-16H,1-2H3. The second kappa shape index (κ2) is 6.64. The van der Waals surface area contributed by atoms with Crippen molar-refractivity contribution < 1.29 is 0 Å². The number of aromatic nitrogens is 1. The fourth-order valence-corrected chi connectivity index (χ4v) is 4.21. The molecule has 134 valence electrons. The van der Waals surface area contributed by atoms with Crippen LogP contribution >= 0.6 is 0 Å². The molecular weight excluding hydrogens is 341 g/mol.